The maximum atomic E-state index is 11.9. The van der Waals surface area contributed by atoms with E-state index >= 15 is 0 Å². The summed E-state index contributed by atoms with van der Waals surface area (Å²) >= 11 is 0. The monoisotopic (exact) mass is 315 g/mol. The number of likely N-dealkylation sites (tertiary alicyclic amines) is 1. The fourth-order valence-electron chi connectivity index (χ4n) is 3.02. The Bertz CT molecular complexity index is 625. The van der Waals surface area contributed by atoms with Gasteiger partial charge in [0.15, 0.2) is 0 Å². The van der Waals surface area contributed by atoms with Crippen LogP contribution in [0, 0.1) is 16.0 Å². The second kappa shape index (κ2) is 6.91. The van der Waals surface area contributed by atoms with Crippen LogP contribution in [-0.4, -0.2) is 41.4 Å². The predicted octanol–water partition coefficient (Wildman–Crippen LogP) is 2.21. The molecule has 6 heteroatoms. The highest BCUT2D eigenvalue weighted by Gasteiger charge is 2.34. The zero-order valence-corrected chi connectivity index (χ0v) is 13.0. The van der Waals surface area contributed by atoms with Crippen molar-refractivity contribution in [1.29, 1.82) is 0 Å². The maximum absolute atomic E-state index is 11.9. The van der Waals surface area contributed by atoms with Crippen LogP contribution in [0.5, 0.6) is 0 Å². The molecule has 2 aliphatic rings. The van der Waals surface area contributed by atoms with Crippen LogP contribution in [-0.2, 0) is 4.79 Å². The van der Waals surface area contributed by atoms with Crippen molar-refractivity contribution in [3.05, 3.63) is 46.0 Å². The number of benzene rings is 1. The van der Waals surface area contributed by atoms with Crippen molar-refractivity contribution in [3.8, 4) is 0 Å². The van der Waals surface area contributed by atoms with E-state index in [0.717, 1.165) is 25.6 Å². The largest absolute Gasteiger partial charge is 0.352 e. The van der Waals surface area contributed by atoms with Crippen LogP contribution < -0.4 is 5.32 Å². The Kier molecular flexibility index (Phi) is 4.71. The Morgan fingerprint density at radius 1 is 1.39 bits per heavy atom. The Hall–Kier alpha value is -2.21. The molecule has 6 nitrogen and oxygen atoms in total. The lowest BCUT2D eigenvalue weighted by Gasteiger charge is -2.14. The molecule has 1 amide bonds. The highest BCUT2D eigenvalue weighted by molar-refractivity contribution is 5.91. The molecule has 0 spiro atoms. The van der Waals surface area contributed by atoms with E-state index in [-0.39, 0.29) is 11.6 Å². The number of nitro groups is 1. The summed E-state index contributed by atoms with van der Waals surface area (Å²) in [4.78, 5) is 24.7. The van der Waals surface area contributed by atoms with Crippen molar-refractivity contribution in [3.63, 3.8) is 0 Å². The zero-order chi connectivity index (χ0) is 16.2. The third-order valence-electron chi connectivity index (χ3n) is 4.45. The number of nitrogens with one attached hydrogen (secondary N) is 1. The van der Waals surface area contributed by atoms with E-state index in [1.165, 1.54) is 31.1 Å². The minimum atomic E-state index is -0.441. The molecule has 1 heterocycles. The molecular formula is C17H21N3O3. The van der Waals surface area contributed by atoms with Crippen LogP contribution in [0.25, 0.3) is 6.08 Å². The Morgan fingerprint density at radius 3 is 2.96 bits per heavy atom. The Morgan fingerprint density at radius 2 is 2.22 bits per heavy atom. The number of nitro benzene ring substituents is 1. The van der Waals surface area contributed by atoms with Gasteiger partial charge in [-0.05, 0) is 43.4 Å². The van der Waals surface area contributed by atoms with Gasteiger partial charge in [0.05, 0.1) is 4.92 Å². The minimum absolute atomic E-state index is 0.0266. The second-order valence-corrected chi connectivity index (χ2v) is 6.31. The summed E-state index contributed by atoms with van der Waals surface area (Å²) in [6, 6.07) is 7.03. The van der Waals surface area contributed by atoms with Crippen LogP contribution >= 0.6 is 0 Å². The van der Waals surface area contributed by atoms with Gasteiger partial charge in [0.25, 0.3) is 5.69 Å². The van der Waals surface area contributed by atoms with Crippen LogP contribution in [0.4, 0.5) is 5.69 Å². The van der Waals surface area contributed by atoms with Crippen molar-refractivity contribution in [2.24, 2.45) is 5.92 Å². The molecule has 3 rings (SSSR count). The lowest BCUT2D eigenvalue weighted by atomic mass is 10.1. The van der Waals surface area contributed by atoms with Crippen molar-refractivity contribution >= 4 is 17.7 Å². The first-order valence-corrected chi connectivity index (χ1v) is 8.06. The van der Waals surface area contributed by atoms with Gasteiger partial charge in [0.2, 0.25) is 5.91 Å². The highest BCUT2D eigenvalue weighted by Crippen LogP contribution is 2.31. The molecule has 1 saturated carbocycles. The highest BCUT2D eigenvalue weighted by atomic mass is 16.6. The number of carbonyl (C=O) groups excluding carboxylic acids is 1. The molecule has 1 aromatic carbocycles. The summed E-state index contributed by atoms with van der Waals surface area (Å²) in [5.41, 5.74) is 0.675. The van der Waals surface area contributed by atoms with E-state index < -0.39 is 4.92 Å². The fraction of sp³-hybridized carbons (Fsp3) is 0.471. The van der Waals surface area contributed by atoms with Crippen LogP contribution in [0.2, 0.25) is 0 Å². The predicted molar refractivity (Wildman–Crippen MR) is 87.8 cm³/mol. The molecule has 23 heavy (non-hydrogen) atoms. The average molecular weight is 315 g/mol. The van der Waals surface area contributed by atoms with E-state index in [4.69, 9.17) is 0 Å². The molecule has 1 aliphatic heterocycles. The van der Waals surface area contributed by atoms with Gasteiger partial charge < -0.3 is 10.2 Å². The normalized spacial score (nSPS) is 21.7. The number of hydrogen-bond donors (Lipinski definition) is 1. The standard InChI is InChI=1S/C17H21N3O3/c21-17(7-4-13-2-1-3-16(10-13)20(22)23)18-11-14-8-9-19(12-14)15-5-6-15/h1-4,7,10,14-15H,5-6,8-9,11-12H2,(H,18,21)/b7-4-/t14-/m0/s1. The molecule has 0 radical (unpaired) electrons. The summed E-state index contributed by atoms with van der Waals surface area (Å²) in [5.74, 6) is 0.382. The molecule has 1 N–H and O–H groups in total. The lowest BCUT2D eigenvalue weighted by Crippen LogP contribution is -2.30. The summed E-state index contributed by atoms with van der Waals surface area (Å²) in [5, 5.41) is 13.6. The van der Waals surface area contributed by atoms with E-state index in [0.29, 0.717) is 18.0 Å². The van der Waals surface area contributed by atoms with Crippen molar-refractivity contribution in [2.45, 2.75) is 25.3 Å². The van der Waals surface area contributed by atoms with E-state index in [2.05, 4.69) is 10.2 Å². The summed E-state index contributed by atoms with van der Waals surface area (Å²) in [6.07, 6.45) is 6.83. The summed E-state index contributed by atoms with van der Waals surface area (Å²) in [6.45, 7) is 2.93. The third-order valence-corrected chi connectivity index (χ3v) is 4.45. The third kappa shape index (κ3) is 4.39. The van der Waals surface area contributed by atoms with Gasteiger partial charge >= 0.3 is 0 Å². The topological polar surface area (TPSA) is 75.5 Å². The smallest absolute Gasteiger partial charge is 0.270 e. The summed E-state index contributed by atoms with van der Waals surface area (Å²) in [7, 11) is 0. The number of nitrogens with zero attached hydrogens (tertiary/aromatic N) is 2. The van der Waals surface area contributed by atoms with Crippen LogP contribution in [0.3, 0.4) is 0 Å². The van der Waals surface area contributed by atoms with Gasteiger partial charge in [-0.2, -0.15) is 0 Å². The molecule has 1 aliphatic carbocycles. The first-order chi connectivity index (χ1) is 11.1. The maximum Gasteiger partial charge on any atom is 0.270 e. The fourth-order valence-corrected chi connectivity index (χ4v) is 3.02. The number of amides is 1. The first kappa shape index (κ1) is 15.7. The number of rotatable bonds is 6. The van der Waals surface area contributed by atoms with Crippen molar-refractivity contribution in [2.75, 3.05) is 19.6 Å². The molecular weight excluding hydrogens is 294 g/mol. The van der Waals surface area contributed by atoms with E-state index in [1.54, 1.807) is 18.2 Å². The number of hydrogen-bond acceptors (Lipinski definition) is 4. The Balaban J connectivity index is 1.45. The molecule has 0 aromatic heterocycles. The van der Waals surface area contributed by atoms with Gasteiger partial charge in [0.1, 0.15) is 0 Å². The molecule has 0 unspecified atom stereocenters. The van der Waals surface area contributed by atoms with Crippen molar-refractivity contribution in [1.82, 2.24) is 10.2 Å². The molecule has 122 valence electrons. The number of carbonyl (C=O) groups is 1. The van der Waals surface area contributed by atoms with Gasteiger partial charge in [0, 0.05) is 37.3 Å². The zero-order valence-electron chi connectivity index (χ0n) is 13.0. The lowest BCUT2D eigenvalue weighted by molar-refractivity contribution is -0.384. The Labute approximate surface area is 135 Å². The molecule has 1 saturated heterocycles. The van der Waals surface area contributed by atoms with Gasteiger partial charge in [-0.1, -0.05) is 12.1 Å². The van der Waals surface area contributed by atoms with Gasteiger partial charge in [-0.25, -0.2) is 0 Å². The molecule has 2 fully saturated rings. The molecule has 1 aromatic rings. The first-order valence-electron chi connectivity index (χ1n) is 8.06. The van der Waals surface area contributed by atoms with E-state index in [9.17, 15) is 14.9 Å². The average Bonchev–Trinajstić information content (AvgIpc) is 3.30. The van der Waals surface area contributed by atoms with Crippen LogP contribution in [0.15, 0.2) is 30.3 Å². The van der Waals surface area contributed by atoms with Crippen LogP contribution in [0.1, 0.15) is 24.8 Å². The molecule has 0 bridgehead atoms. The van der Waals surface area contributed by atoms with E-state index in [1.807, 2.05) is 0 Å². The minimum Gasteiger partial charge on any atom is -0.352 e. The quantitative estimate of drug-likeness (QED) is 0.496. The van der Waals surface area contributed by atoms with Gasteiger partial charge in [-0.15, -0.1) is 0 Å². The SMILES string of the molecule is O=C(/C=C\c1cccc([N+](=O)[O-])c1)NC[C@@H]1CCN(C2CC2)C1. The van der Waals surface area contributed by atoms with Crippen molar-refractivity contribution < 1.29 is 9.72 Å². The molecule has 1 atom stereocenters. The number of non-ortho nitro benzene ring substituents is 1. The van der Waals surface area contributed by atoms with Gasteiger partial charge in [-0.3, -0.25) is 14.9 Å². The summed E-state index contributed by atoms with van der Waals surface area (Å²) < 4.78 is 0. The second-order valence-electron chi connectivity index (χ2n) is 6.31.